The zero-order chi connectivity index (χ0) is 21.1. The van der Waals surface area contributed by atoms with Gasteiger partial charge in [0.15, 0.2) is 5.65 Å². The summed E-state index contributed by atoms with van der Waals surface area (Å²) in [4.78, 5) is 29.4. The number of hydrogen-bond donors (Lipinski definition) is 3. The molecular formula is C18H20FN5O4S. The summed E-state index contributed by atoms with van der Waals surface area (Å²) >= 11 is 0. The van der Waals surface area contributed by atoms with E-state index in [4.69, 9.17) is 5.11 Å². The monoisotopic (exact) mass is 421 g/mol. The highest BCUT2D eigenvalue weighted by atomic mass is 32.2. The van der Waals surface area contributed by atoms with Crippen LogP contribution < -0.4 is 21.2 Å². The van der Waals surface area contributed by atoms with Crippen molar-refractivity contribution in [1.29, 1.82) is 0 Å². The first kappa shape index (κ1) is 20.7. The van der Waals surface area contributed by atoms with Gasteiger partial charge in [-0.05, 0) is 18.6 Å². The van der Waals surface area contributed by atoms with Gasteiger partial charge >= 0.3 is 0 Å². The summed E-state index contributed by atoms with van der Waals surface area (Å²) < 4.78 is 30.9. The maximum absolute atomic E-state index is 14.5. The van der Waals surface area contributed by atoms with Crippen LogP contribution in [-0.4, -0.2) is 36.3 Å². The molecule has 1 atom stereocenters. The Balaban J connectivity index is 2.11. The third-order valence-corrected chi connectivity index (χ3v) is 4.78. The highest BCUT2D eigenvalue weighted by Crippen LogP contribution is 2.25. The number of nitrogens with zero attached hydrogens (tertiary/aromatic N) is 3. The first-order valence-electron chi connectivity index (χ1n) is 8.68. The van der Waals surface area contributed by atoms with Gasteiger partial charge < -0.3 is 15.1 Å². The number of aryl methyl sites for hydroxylation is 2. The predicted octanol–water partition coefficient (Wildman–Crippen LogP) is 1.07. The number of halogens is 1. The Kier molecular flexibility index (Phi) is 6.09. The van der Waals surface area contributed by atoms with Crippen LogP contribution in [0.25, 0.3) is 11.0 Å². The van der Waals surface area contributed by atoms with Crippen molar-refractivity contribution in [2.75, 3.05) is 22.9 Å². The topological polar surface area (TPSA) is 118 Å². The third-order valence-electron chi connectivity index (χ3n) is 4.26. The second-order valence-corrected chi connectivity index (χ2v) is 7.46. The quantitative estimate of drug-likeness (QED) is 0.525. The van der Waals surface area contributed by atoms with Gasteiger partial charge in [-0.1, -0.05) is 0 Å². The van der Waals surface area contributed by atoms with Crippen molar-refractivity contribution in [2.45, 2.75) is 13.0 Å². The number of pyridine rings is 1. The maximum Gasteiger partial charge on any atom is 0.264 e. The van der Waals surface area contributed by atoms with Crippen molar-refractivity contribution in [3.8, 4) is 0 Å². The Morgan fingerprint density at radius 1 is 1.24 bits per heavy atom. The van der Waals surface area contributed by atoms with E-state index in [2.05, 4.69) is 15.0 Å². The fourth-order valence-electron chi connectivity index (χ4n) is 2.86. The molecular weight excluding hydrogens is 401 g/mol. The summed E-state index contributed by atoms with van der Waals surface area (Å²) in [5.41, 5.74) is -0.183. The molecule has 0 bridgehead atoms. The molecule has 154 valence electrons. The molecule has 2 aromatic heterocycles. The average molecular weight is 421 g/mol. The fraction of sp³-hybridized carbons (Fsp3) is 0.278. The molecule has 0 aliphatic carbocycles. The molecule has 0 fully saturated rings. The molecule has 1 unspecified atom stereocenters. The van der Waals surface area contributed by atoms with Crippen LogP contribution in [0, 0.1) is 5.82 Å². The zero-order valence-corrected chi connectivity index (χ0v) is 16.6. The standard InChI is InChI=1S/C18H20FN5O4S/c1-23-15(26)9-14(16-17(23)20-10-24(18(16)27)6-3-7-25)21-13-5-4-11(8-12(13)19)22-29(2)28/h4-5,8-10,21-22,25H,3,6-7H2,1-2H3. The molecule has 29 heavy (non-hydrogen) atoms. The van der Waals surface area contributed by atoms with Gasteiger partial charge in [-0.2, -0.15) is 0 Å². The van der Waals surface area contributed by atoms with Crippen LogP contribution in [0.15, 0.2) is 40.2 Å². The lowest BCUT2D eigenvalue weighted by molar-refractivity contribution is 0.279. The van der Waals surface area contributed by atoms with E-state index in [0.717, 1.165) is 6.07 Å². The molecule has 3 aromatic rings. The number of hydrogen-bond acceptors (Lipinski definition) is 6. The van der Waals surface area contributed by atoms with Gasteiger partial charge in [0.05, 0.1) is 17.7 Å². The van der Waals surface area contributed by atoms with Crippen LogP contribution in [-0.2, 0) is 24.6 Å². The molecule has 11 heteroatoms. The lowest BCUT2D eigenvalue weighted by atomic mass is 10.2. The van der Waals surface area contributed by atoms with Gasteiger partial charge in [0.25, 0.3) is 11.1 Å². The van der Waals surface area contributed by atoms with E-state index in [1.807, 2.05) is 0 Å². The average Bonchev–Trinajstić information content (AvgIpc) is 2.66. The van der Waals surface area contributed by atoms with Crippen molar-refractivity contribution in [3.63, 3.8) is 0 Å². The first-order chi connectivity index (χ1) is 13.8. The van der Waals surface area contributed by atoms with E-state index in [1.54, 1.807) is 0 Å². The molecule has 9 nitrogen and oxygen atoms in total. The fourth-order valence-corrected chi connectivity index (χ4v) is 3.32. The van der Waals surface area contributed by atoms with Gasteiger partial charge in [-0.15, -0.1) is 0 Å². The Labute approximate surface area is 167 Å². The van der Waals surface area contributed by atoms with Crippen molar-refractivity contribution >= 4 is 39.1 Å². The number of aliphatic hydroxyl groups excluding tert-OH is 1. The Hall–Kier alpha value is -3.05. The molecule has 3 N–H and O–H groups in total. The van der Waals surface area contributed by atoms with Gasteiger partial charge in [0.2, 0.25) is 0 Å². The van der Waals surface area contributed by atoms with Gasteiger partial charge in [-0.25, -0.2) is 13.6 Å². The second-order valence-electron chi connectivity index (χ2n) is 6.35. The molecule has 3 rings (SSSR count). The number of aliphatic hydroxyl groups is 1. The van der Waals surface area contributed by atoms with E-state index in [1.165, 1.54) is 47.0 Å². The molecule has 0 aliphatic heterocycles. The highest BCUT2D eigenvalue weighted by molar-refractivity contribution is 7.85. The first-order valence-corrected chi connectivity index (χ1v) is 10.2. The van der Waals surface area contributed by atoms with Crippen LogP contribution in [0.1, 0.15) is 6.42 Å². The minimum absolute atomic E-state index is 0.0390. The highest BCUT2D eigenvalue weighted by Gasteiger charge is 2.15. The summed E-state index contributed by atoms with van der Waals surface area (Å²) in [5, 5.41) is 11.9. The summed E-state index contributed by atoms with van der Waals surface area (Å²) in [6.07, 6.45) is 3.10. The van der Waals surface area contributed by atoms with Crippen LogP contribution in [0.4, 0.5) is 21.5 Å². The summed E-state index contributed by atoms with van der Waals surface area (Å²) in [7, 11) is 0.137. The van der Waals surface area contributed by atoms with Crippen LogP contribution in [0.3, 0.4) is 0 Å². The van der Waals surface area contributed by atoms with Crippen molar-refractivity contribution < 1.29 is 13.7 Å². The number of benzene rings is 1. The van der Waals surface area contributed by atoms with Crippen LogP contribution in [0.2, 0.25) is 0 Å². The molecule has 0 saturated heterocycles. The van der Waals surface area contributed by atoms with Gasteiger partial charge in [0, 0.05) is 44.3 Å². The molecule has 2 heterocycles. The zero-order valence-electron chi connectivity index (χ0n) is 15.8. The number of aromatic nitrogens is 3. The minimum atomic E-state index is -1.35. The van der Waals surface area contributed by atoms with E-state index in [9.17, 15) is 18.2 Å². The van der Waals surface area contributed by atoms with E-state index in [-0.39, 0.29) is 35.6 Å². The van der Waals surface area contributed by atoms with Crippen LogP contribution in [0.5, 0.6) is 0 Å². The Bertz CT molecular complexity index is 1210. The lowest BCUT2D eigenvalue weighted by Crippen LogP contribution is -2.26. The Morgan fingerprint density at radius 2 is 2.00 bits per heavy atom. The SMILES string of the molecule is Cn1c(=O)cc(Nc2ccc(NS(C)=O)cc2F)c2c(=O)n(CCCO)cnc21. The Morgan fingerprint density at radius 3 is 2.66 bits per heavy atom. The molecule has 0 amide bonds. The molecule has 0 aliphatic rings. The van der Waals surface area contributed by atoms with E-state index in [0.29, 0.717) is 12.1 Å². The van der Waals surface area contributed by atoms with Crippen molar-refractivity contribution in [3.05, 3.63) is 57.1 Å². The molecule has 0 saturated carbocycles. The smallest absolute Gasteiger partial charge is 0.264 e. The lowest BCUT2D eigenvalue weighted by Gasteiger charge is -2.14. The largest absolute Gasteiger partial charge is 0.396 e. The number of rotatable bonds is 7. The van der Waals surface area contributed by atoms with Crippen LogP contribution >= 0.6 is 0 Å². The van der Waals surface area contributed by atoms with Gasteiger partial charge in [-0.3, -0.25) is 18.7 Å². The van der Waals surface area contributed by atoms with Crippen molar-refractivity contribution in [1.82, 2.24) is 14.1 Å². The predicted molar refractivity (Wildman–Crippen MR) is 110 cm³/mol. The number of anilines is 3. The van der Waals surface area contributed by atoms with E-state index < -0.39 is 27.9 Å². The number of fused-ring (bicyclic) bond motifs is 1. The molecule has 0 radical (unpaired) electrons. The summed E-state index contributed by atoms with van der Waals surface area (Å²) in [6.45, 7) is 0.167. The number of nitrogens with one attached hydrogen (secondary N) is 2. The van der Waals surface area contributed by atoms with Gasteiger partial charge in [0.1, 0.15) is 22.2 Å². The van der Waals surface area contributed by atoms with E-state index >= 15 is 0 Å². The summed E-state index contributed by atoms with van der Waals surface area (Å²) in [5.74, 6) is -0.654. The summed E-state index contributed by atoms with van der Waals surface area (Å²) in [6, 6.07) is 5.29. The minimum Gasteiger partial charge on any atom is -0.396 e. The normalized spacial score (nSPS) is 12.1. The molecule has 0 spiro atoms. The molecule has 1 aromatic carbocycles. The third kappa shape index (κ3) is 4.35. The second kappa shape index (κ2) is 8.53. The maximum atomic E-state index is 14.5. The van der Waals surface area contributed by atoms with Crippen molar-refractivity contribution in [2.24, 2.45) is 7.05 Å².